The molecule has 0 spiro atoms. The minimum absolute atomic E-state index is 0.0457. The third kappa shape index (κ3) is 2.14. The smallest absolute Gasteiger partial charge is 0.282 e. The molecule has 1 aliphatic heterocycles. The van der Waals surface area contributed by atoms with Gasteiger partial charge >= 0.3 is 0 Å². The van der Waals surface area contributed by atoms with E-state index in [1.165, 1.54) is 0 Å². The lowest BCUT2D eigenvalue weighted by atomic mass is 9.99. The van der Waals surface area contributed by atoms with E-state index in [-0.39, 0.29) is 5.69 Å². The Balaban J connectivity index is 1.50. The summed E-state index contributed by atoms with van der Waals surface area (Å²) in [7, 11) is 0. The molecule has 4 rings (SSSR count). The van der Waals surface area contributed by atoms with E-state index < -0.39 is 6.43 Å². The van der Waals surface area contributed by atoms with Gasteiger partial charge in [0.05, 0.1) is 5.69 Å². The summed E-state index contributed by atoms with van der Waals surface area (Å²) in [5.41, 5.74) is 2.70. The van der Waals surface area contributed by atoms with Crippen LogP contribution in [0.2, 0.25) is 0 Å². The molecule has 0 aromatic carbocycles. The maximum atomic E-state index is 12.9. The van der Waals surface area contributed by atoms with Crippen molar-refractivity contribution in [3.05, 3.63) is 47.0 Å². The van der Waals surface area contributed by atoms with Gasteiger partial charge in [-0.25, -0.2) is 8.78 Å². The number of H-pyrrole nitrogens is 1. The van der Waals surface area contributed by atoms with Crippen molar-refractivity contribution in [3.63, 3.8) is 0 Å². The van der Waals surface area contributed by atoms with E-state index >= 15 is 0 Å². The Labute approximate surface area is 121 Å². The normalized spacial score (nSPS) is 24.5. The molecule has 2 aromatic heterocycles. The minimum atomic E-state index is -2.48. The molecule has 1 N–H and O–H groups in total. The summed E-state index contributed by atoms with van der Waals surface area (Å²) in [6.07, 6.45) is 0.0386. The van der Waals surface area contributed by atoms with Crippen molar-refractivity contribution in [2.75, 3.05) is 13.1 Å². The minimum Gasteiger partial charge on any atom is -0.297 e. The van der Waals surface area contributed by atoms with Crippen molar-refractivity contribution < 1.29 is 8.78 Å². The van der Waals surface area contributed by atoms with Crippen molar-refractivity contribution in [2.24, 2.45) is 5.92 Å². The quantitative estimate of drug-likeness (QED) is 0.944. The molecule has 1 saturated heterocycles. The van der Waals surface area contributed by atoms with Crippen molar-refractivity contribution in [1.29, 1.82) is 0 Å². The first-order valence-corrected chi connectivity index (χ1v) is 7.20. The summed E-state index contributed by atoms with van der Waals surface area (Å²) in [6.45, 7) is 2.64. The van der Waals surface area contributed by atoms with Crippen LogP contribution in [0.5, 0.6) is 0 Å². The van der Waals surface area contributed by atoms with Gasteiger partial charge in [-0.2, -0.15) is 5.10 Å². The molecule has 2 aromatic rings. The van der Waals surface area contributed by atoms with Crippen molar-refractivity contribution >= 4 is 0 Å². The Bertz CT molecular complexity index is 640. The molecule has 1 aliphatic carbocycles. The molecule has 21 heavy (non-hydrogen) atoms. The number of nitrogens with zero attached hydrogens (tertiary/aromatic N) is 3. The van der Waals surface area contributed by atoms with Crippen molar-refractivity contribution in [1.82, 2.24) is 20.1 Å². The first-order chi connectivity index (χ1) is 10.2. The molecule has 0 bridgehead atoms. The molecule has 2 aliphatic rings. The number of rotatable bonds is 3. The van der Waals surface area contributed by atoms with Gasteiger partial charge in [-0.15, -0.1) is 0 Å². The van der Waals surface area contributed by atoms with Crippen molar-refractivity contribution in [2.45, 2.75) is 25.3 Å². The fourth-order valence-electron chi connectivity index (χ4n) is 3.70. The van der Waals surface area contributed by atoms with Crippen LogP contribution in [0.1, 0.15) is 35.0 Å². The Kier molecular flexibility index (Phi) is 2.99. The molecule has 0 saturated carbocycles. The fraction of sp³-hybridized carbons (Fsp3) is 0.467. The van der Waals surface area contributed by atoms with E-state index in [4.69, 9.17) is 0 Å². The summed E-state index contributed by atoms with van der Waals surface area (Å²) in [5.74, 6) is 0.735. The van der Waals surface area contributed by atoms with Crippen LogP contribution in [0, 0.1) is 5.92 Å². The van der Waals surface area contributed by atoms with E-state index in [9.17, 15) is 8.78 Å². The second-order valence-electron chi connectivity index (χ2n) is 5.89. The zero-order valence-electron chi connectivity index (χ0n) is 11.5. The topological polar surface area (TPSA) is 44.8 Å². The molecule has 2 atom stereocenters. The number of fused-ring (bicyclic) bond motifs is 3. The summed E-state index contributed by atoms with van der Waals surface area (Å²) >= 11 is 0. The number of aromatic nitrogens is 3. The van der Waals surface area contributed by atoms with Crippen LogP contribution in [0.3, 0.4) is 0 Å². The predicted molar refractivity (Wildman–Crippen MR) is 73.0 cm³/mol. The molecule has 4 nitrogen and oxygen atoms in total. The number of nitrogens with one attached hydrogen (secondary N) is 1. The summed E-state index contributed by atoms with van der Waals surface area (Å²) in [5, 5.41) is 6.65. The van der Waals surface area contributed by atoms with Gasteiger partial charge in [0.1, 0.15) is 5.69 Å². The number of pyridine rings is 1. The Hall–Kier alpha value is -1.82. The van der Waals surface area contributed by atoms with Crippen LogP contribution in [-0.2, 0) is 13.0 Å². The highest BCUT2D eigenvalue weighted by Crippen LogP contribution is 2.44. The predicted octanol–water partition coefficient (Wildman–Crippen LogP) is 2.51. The molecule has 110 valence electrons. The number of hydrogen-bond acceptors (Lipinski definition) is 3. The van der Waals surface area contributed by atoms with Gasteiger partial charge in [-0.05, 0) is 24.5 Å². The summed E-state index contributed by atoms with van der Waals surface area (Å²) in [6, 6.07) is 5.91. The third-order valence-corrected chi connectivity index (χ3v) is 4.60. The highest BCUT2D eigenvalue weighted by Gasteiger charge is 2.43. The first kappa shape index (κ1) is 12.9. The van der Waals surface area contributed by atoms with E-state index in [0.717, 1.165) is 43.0 Å². The Morgan fingerprint density at radius 1 is 1.33 bits per heavy atom. The van der Waals surface area contributed by atoms with Gasteiger partial charge in [0.15, 0.2) is 0 Å². The van der Waals surface area contributed by atoms with Gasteiger partial charge in [0.25, 0.3) is 6.43 Å². The highest BCUT2D eigenvalue weighted by atomic mass is 19.3. The molecule has 0 amide bonds. The van der Waals surface area contributed by atoms with Gasteiger partial charge in [0, 0.05) is 43.0 Å². The van der Waals surface area contributed by atoms with E-state index in [2.05, 4.69) is 20.1 Å². The molecular weight excluding hydrogens is 274 g/mol. The second kappa shape index (κ2) is 4.87. The number of halogens is 2. The molecule has 0 radical (unpaired) electrons. The zero-order valence-corrected chi connectivity index (χ0v) is 11.5. The summed E-state index contributed by atoms with van der Waals surface area (Å²) < 4.78 is 25.8. The Morgan fingerprint density at radius 3 is 3.00 bits per heavy atom. The van der Waals surface area contributed by atoms with Crippen molar-refractivity contribution in [3.8, 4) is 0 Å². The average Bonchev–Trinajstić information content (AvgIpc) is 3.10. The number of hydrogen-bond donors (Lipinski definition) is 1. The number of aromatic amines is 1. The van der Waals surface area contributed by atoms with Crippen LogP contribution in [0.25, 0.3) is 0 Å². The largest absolute Gasteiger partial charge is 0.297 e. The molecule has 3 heterocycles. The fourth-order valence-corrected chi connectivity index (χ4v) is 3.70. The monoisotopic (exact) mass is 290 g/mol. The molecule has 1 fully saturated rings. The van der Waals surface area contributed by atoms with Crippen LogP contribution in [-0.4, -0.2) is 33.2 Å². The van der Waals surface area contributed by atoms with Gasteiger partial charge in [-0.3, -0.25) is 15.0 Å². The molecule has 6 heteroatoms. The van der Waals surface area contributed by atoms with Gasteiger partial charge in [-0.1, -0.05) is 6.07 Å². The standard InChI is InChI=1S/C15H16F2N4/c16-15(17)14-11-5-9-6-21(7-10-3-1-2-4-18-10)8-12(9)13(11)19-20-14/h1-4,9,12,15H,5-8H2,(H,19,20)/t9-,12+/m1/s1. The lowest BCUT2D eigenvalue weighted by molar-refractivity contribution is 0.144. The molecular formula is C15H16F2N4. The highest BCUT2D eigenvalue weighted by molar-refractivity contribution is 5.36. The second-order valence-corrected chi connectivity index (χ2v) is 5.89. The van der Waals surface area contributed by atoms with E-state index in [1.54, 1.807) is 6.20 Å². The average molecular weight is 290 g/mol. The lowest BCUT2D eigenvalue weighted by Gasteiger charge is -2.15. The number of likely N-dealkylation sites (tertiary alicyclic amines) is 1. The third-order valence-electron chi connectivity index (χ3n) is 4.60. The zero-order chi connectivity index (χ0) is 14.4. The maximum absolute atomic E-state index is 12.9. The van der Waals surface area contributed by atoms with Crippen LogP contribution >= 0.6 is 0 Å². The SMILES string of the molecule is FC(F)c1n[nH]c2c1C[C@@H]1CN(Cc3ccccn3)C[C@H]21. The maximum Gasteiger partial charge on any atom is 0.282 e. The Morgan fingerprint density at radius 2 is 2.24 bits per heavy atom. The lowest BCUT2D eigenvalue weighted by Crippen LogP contribution is -2.22. The van der Waals surface area contributed by atoms with E-state index in [0.29, 0.717) is 11.8 Å². The van der Waals surface area contributed by atoms with Crippen LogP contribution in [0.15, 0.2) is 24.4 Å². The van der Waals surface area contributed by atoms with Crippen LogP contribution in [0.4, 0.5) is 8.78 Å². The van der Waals surface area contributed by atoms with Crippen LogP contribution < -0.4 is 0 Å². The first-order valence-electron chi connectivity index (χ1n) is 7.20. The van der Waals surface area contributed by atoms with Gasteiger partial charge < -0.3 is 0 Å². The summed E-state index contributed by atoms with van der Waals surface area (Å²) in [4.78, 5) is 6.70. The van der Waals surface area contributed by atoms with Gasteiger partial charge in [0.2, 0.25) is 0 Å². The van der Waals surface area contributed by atoms with E-state index in [1.807, 2.05) is 18.2 Å². The molecule has 0 unspecified atom stereocenters. The number of alkyl halides is 2.